The molecular formula is C19H19N5O6S. The van der Waals surface area contributed by atoms with Crippen molar-refractivity contribution in [2.75, 3.05) is 13.2 Å². The first-order chi connectivity index (χ1) is 14.9. The summed E-state index contributed by atoms with van der Waals surface area (Å²) >= 11 is 0. The minimum absolute atomic E-state index is 0.0582. The number of carbonyl (C=O) groups excluding carboxylic acids is 1. The fourth-order valence-corrected chi connectivity index (χ4v) is 4.18. The molecule has 0 radical (unpaired) electrons. The van der Waals surface area contributed by atoms with Gasteiger partial charge in [-0.15, -0.1) is 0 Å². The van der Waals surface area contributed by atoms with Gasteiger partial charge in [0.05, 0.1) is 29.0 Å². The van der Waals surface area contributed by atoms with Gasteiger partial charge in [-0.25, -0.2) is 28.6 Å². The summed E-state index contributed by atoms with van der Waals surface area (Å²) in [4.78, 5) is 39.6. The van der Waals surface area contributed by atoms with Crippen molar-refractivity contribution in [3.05, 3.63) is 46.9 Å². The van der Waals surface area contributed by atoms with Crippen LogP contribution in [0.2, 0.25) is 0 Å². The number of amides is 1. The lowest BCUT2D eigenvalue weighted by Gasteiger charge is -2.14. The number of hydrogen-bond acceptors (Lipinski definition) is 8. The Kier molecular flexibility index (Phi) is 5.67. The summed E-state index contributed by atoms with van der Waals surface area (Å²) in [6.45, 7) is 2.03. The molecule has 1 amide bonds. The second-order valence-electron chi connectivity index (χ2n) is 6.70. The van der Waals surface area contributed by atoms with E-state index in [1.54, 1.807) is 19.1 Å². The number of nitrogens with zero attached hydrogens (tertiary/aromatic N) is 2. The van der Waals surface area contributed by atoms with Crippen LogP contribution in [0.1, 0.15) is 13.3 Å². The number of hydroxylamine groups is 1. The van der Waals surface area contributed by atoms with Crippen LogP contribution >= 0.6 is 0 Å². The maximum absolute atomic E-state index is 12.8. The van der Waals surface area contributed by atoms with Gasteiger partial charge in [0.15, 0.2) is 5.52 Å². The number of carbonyl (C=O) groups is 1. The zero-order chi connectivity index (χ0) is 22.0. The summed E-state index contributed by atoms with van der Waals surface area (Å²) in [6, 6.07) is 7.54. The molecule has 0 aliphatic carbocycles. The van der Waals surface area contributed by atoms with Crippen molar-refractivity contribution in [1.29, 1.82) is 0 Å². The molecule has 1 atom stereocenters. The van der Waals surface area contributed by atoms with Gasteiger partial charge in [-0.2, -0.15) is 0 Å². The van der Waals surface area contributed by atoms with Gasteiger partial charge in [-0.3, -0.25) is 14.4 Å². The monoisotopic (exact) mass is 445 g/mol. The number of pyridine rings is 1. The molecule has 1 aliphatic heterocycles. The normalized spacial score (nSPS) is 16.4. The number of H-pyrrole nitrogens is 1. The predicted molar refractivity (Wildman–Crippen MR) is 110 cm³/mol. The molecule has 1 fully saturated rings. The van der Waals surface area contributed by atoms with Crippen LogP contribution in [0, 0.1) is 0 Å². The number of nitrogens with one attached hydrogen (secondary N) is 3. The molecule has 4 rings (SSSR count). The van der Waals surface area contributed by atoms with Crippen LogP contribution in [-0.2, 0) is 19.7 Å². The number of rotatable bonds is 7. The van der Waals surface area contributed by atoms with Gasteiger partial charge in [0.25, 0.3) is 5.56 Å². The van der Waals surface area contributed by atoms with E-state index in [9.17, 15) is 18.0 Å². The number of hydrogen-bond donors (Lipinski definition) is 3. The maximum Gasteiger partial charge on any atom is 0.277 e. The fraction of sp³-hybridized carbons (Fsp3) is 0.263. The highest BCUT2D eigenvalue weighted by molar-refractivity contribution is 7.89. The SMILES string of the molecule is CCOc1ccc(S(=O)(=O)NCC2CC(=O)NO2)cc1-c1nc2cccnc2c(=O)[nH]1. The third kappa shape index (κ3) is 4.40. The Morgan fingerprint density at radius 1 is 1.29 bits per heavy atom. The lowest BCUT2D eigenvalue weighted by Crippen LogP contribution is -2.32. The van der Waals surface area contributed by atoms with Crippen molar-refractivity contribution in [2.24, 2.45) is 0 Å². The molecule has 0 saturated carbocycles. The first-order valence-corrected chi connectivity index (χ1v) is 10.9. The minimum atomic E-state index is -3.94. The molecule has 12 heteroatoms. The maximum atomic E-state index is 12.8. The number of aromatic nitrogens is 3. The number of ether oxygens (including phenoxy) is 1. The van der Waals surface area contributed by atoms with Crippen molar-refractivity contribution in [3.8, 4) is 17.1 Å². The molecule has 2 aromatic heterocycles. The lowest BCUT2D eigenvalue weighted by molar-refractivity contribution is -0.124. The van der Waals surface area contributed by atoms with Crippen molar-refractivity contribution in [1.82, 2.24) is 25.2 Å². The molecule has 3 aromatic rings. The second-order valence-corrected chi connectivity index (χ2v) is 8.46. The Hall–Kier alpha value is -3.35. The van der Waals surface area contributed by atoms with Crippen molar-refractivity contribution in [2.45, 2.75) is 24.3 Å². The molecule has 31 heavy (non-hydrogen) atoms. The molecule has 3 N–H and O–H groups in total. The van der Waals surface area contributed by atoms with Crippen LogP contribution in [0.25, 0.3) is 22.4 Å². The van der Waals surface area contributed by atoms with Gasteiger partial charge >= 0.3 is 0 Å². The third-order valence-corrected chi connectivity index (χ3v) is 5.96. The summed E-state index contributed by atoms with van der Waals surface area (Å²) in [5.41, 5.74) is 2.58. The molecule has 0 bridgehead atoms. The minimum Gasteiger partial charge on any atom is -0.493 e. The van der Waals surface area contributed by atoms with E-state index in [1.165, 1.54) is 24.4 Å². The van der Waals surface area contributed by atoms with Gasteiger partial charge in [0.1, 0.15) is 17.7 Å². The quantitative estimate of drug-likeness (QED) is 0.475. The zero-order valence-electron chi connectivity index (χ0n) is 16.4. The van der Waals surface area contributed by atoms with Crippen molar-refractivity contribution < 1.29 is 22.8 Å². The largest absolute Gasteiger partial charge is 0.493 e. The molecule has 1 unspecified atom stereocenters. The fourth-order valence-electron chi connectivity index (χ4n) is 3.09. The first-order valence-electron chi connectivity index (χ1n) is 9.44. The highest BCUT2D eigenvalue weighted by Gasteiger charge is 2.26. The average molecular weight is 445 g/mol. The molecule has 1 aromatic carbocycles. The smallest absolute Gasteiger partial charge is 0.277 e. The molecule has 11 nitrogen and oxygen atoms in total. The summed E-state index contributed by atoms with van der Waals surface area (Å²) in [6.07, 6.45) is 0.948. The molecular weight excluding hydrogens is 426 g/mol. The van der Waals surface area contributed by atoms with Crippen LogP contribution < -0.4 is 20.5 Å². The van der Waals surface area contributed by atoms with Crippen LogP contribution in [0.5, 0.6) is 5.75 Å². The van der Waals surface area contributed by atoms with Crippen LogP contribution in [0.3, 0.4) is 0 Å². The van der Waals surface area contributed by atoms with Gasteiger partial charge in [-0.05, 0) is 37.3 Å². The Balaban J connectivity index is 1.71. The predicted octanol–water partition coefficient (Wildman–Crippen LogP) is 0.482. The summed E-state index contributed by atoms with van der Waals surface area (Å²) in [5.74, 6) is 0.204. The Morgan fingerprint density at radius 2 is 2.13 bits per heavy atom. The average Bonchev–Trinajstić information content (AvgIpc) is 3.18. The Labute approximate surface area is 176 Å². The number of sulfonamides is 1. The van der Waals surface area contributed by atoms with Gasteiger partial charge < -0.3 is 9.72 Å². The summed E-state index contributed by atoms with van der Waals surface area (Å²) in [7, 11) is -3.94. The van der Waals surface area contributed by atoms with Crippen molar-refractivity contribution >= 4 is 27.0 Å². The standard InChI is InChI=1S/C19H19N5O6S/c1-2-29-15-6-5-12(31(27,28)21-10-11-8-16(25)24-30-11)9-13(15)18-22-14-4-3-7-20-17(14)19(26)23-18/h3-7,9,11,21H,2,8,10H2,1H3,(H,24,25)(H,22,23,26). The van der Waals surface area contributed by atoms with Gasteiger partial charge in [-0.1, -0.05) is 0 Å². The topological polar surface area (TPSA) is 152 Å². The van der Waals surface area contributed by atoms with Crippen LogP contribution in [-0.4, -0.2) is 48.5 Å². The Morgan fingerprint density at radius 3 is 2.87 bits per heavy atom. The molecule has 0 spiro atoms. The zero-order valence-corrected chi connectivity index (χ0v) is 17.2. The van der Waals surface area contributed by atoms with E-state index < -0.39 is 21.7 Å². The van der Waals surface area contributed by atoms with Crippen molar-refractivity contribution in [3.63, 3.8) is 0 Å². The lowest BCUT2D eigenvalue weighted by atomic mass is 10.2. The van der Waals surface area contributed by atoms with E-state index in [0.29, 0.717) is 23.4 Å². The van der Waals surface area contributed by atoms with E-state index >= 15 is 0 Å². The number of benzene rings is 1. The van der Waals surface area contributed by atoms with E-state index in [4.69, 9.17) is 9.57 Å². The van der Waals surface area contributed by atoms with E-state index in [1.807, 2.05) is 0 Å². The first kappa shape index (κ1) is 20.9. The molecule has 3 heterocycles. The number of aromatic amines is 1. The van der Waals surface area contributed by atoms with E-state index in [-0.39, 0.29) is 35.1 Å². The molecule has 1 saturated heterocycles. The van der Waals surface area contributed by atoms with E-state index in [2.05, 4.69) is 25.2 Å². The van der Waals surface area contributed by atoms with Crippen LogP contribution in [0.4, 0.5) is 0 Å². The summed E-state index contributed by atoms with van der Waals surface area (Å²) < 4.78 is 33.6. The third-order valence-electron chi connectivity index (χ3n) is 4.54. The van der Waals surface area contributed by atoms with Gasteiger partial charge in [0.2, 0.25) is 15.9 Å². The highest BCUT2D eigenvalue weighted by atomic mass is 32.2. The number of fused-ring (bicyclic) bond motifs is 1. The Bertz CT molecular complexity index is 1310. The second kappa shape index (κ2) is 8.41. The van der Waals surface area contributed by atoms with E-state index in [0.717, 1.165) is 0 Å². The highest BCUT2D eigenvalue weighted by Crippen LogP contribution is 2.30. The molecule has 162 valence electrons. The van der Waals surface area contributed by atoms with Crippen LogP contribution in [0.15, 0.2) is 46.2 Å². The molecule has 1 aliphatic rings. The summed E-state index contributed by atoms with van der Waals surface area (Å²) in [5, 5.41) is 0. The van der Waals surface area contributed by atoms with Gasteiger partial charge in [0, 0.05) is 12.7 Å².